The average molecular weight is 952 g/mol. The molecular formula is C16H9Br9S. The van der Waals surface area contributed by atoms with Crippen molar-refractivity contribution in [1.29, 1.82) is 0 Å². The van der Waals surface area contributed by atoms with E-state index in [1.165, 1.54) is 5.56 Å². The first-order valence-electron chi connectivity index (χ1n) is 7.12. The molecule has 0 amide bonds. The van der Waals surface area contributed by atoms with Crippen LogP contribution < -0.4 is 0 Å². The third-order valence-corrected chi connectivity index (χ3v) is 14.5. The first kappa shape index (κ1) is 25.4. The van der Waals surface area contributed by atoms with Gasteiger partial charge in [0.2, 0.25) is 0 Å². The van der Waals surface area contributed by atoms with Gasteiger partial charge in [-0.05, 0) is 174 Å². The maximum Gasteiger partial charge on any atom is 0.0482 e. The van der Waals surface area contributed by atoms with Gasteiger partial charge in [0, 0.05) is 51.4 Å². The molecule has 2 aromatic carbocycles. The lowest BCUT2D eigenvalue weighted by Crippen LogP contribution is -1.97. The minimum Gasteiger partial charge on any atom is -0.179 e. The number of benzene rings is 2. The predicted octanol–water partition coefficient (Wildman–Crippen LogP) is 11.5. The Hall–Kier alpha value is 3.11. The van der Waals surface area contributed by atoms with Gasteiger partial charge in [-0.25, -0.2) is 0 Å². The van der Waals surface area contributed by atoms with Gasteiger partial charge in [0.25, 0.3) is 0 Å². The number of unbranched alkanes of at least 4 members (excludes halogenated alkanes) is 1. The predicted molar refractivity (Wildman–Crippen MR) is 148 cm³/mol. The summed E-state index contributed by atoms with van der Waals surface area (Å²) in [4.78, 5) is 0. The molecule has 0 radical (unpaired) electrons. The lowest BCUT2D eigenvalue weighted by atomic mass is 10.0. The van der Waals surface area contributed by atoms with Crippen LogP contribution in [0, 0.1) is 0 Å². The Balaban J connectivity index is 2.78. The summed E-state index contributed by atoms with van der Waals surface area (Å²) in [6.45, 7) is 0. The second-order valence-electron chi connectivity index (χ2n) is 5.24. The zero-order chi connectivity index (χ0) is 19.8. The van der Waals surface area contributed by atoms with Crippen molar-refractivity contribution in [3.8, 4) is 11.1 Å². The molecule has 142 valence electrons. The summed E-state index contributed by atoms with van der Waals surface area (Å²) in [6, 6.07) is 0. The average Bonchev–Trinajstić information content (AvgIpc) is 2.62. The Bertz CT molecular complexity index is 806. The highest BCUT2D eigenvalue weighted by molar-refractivity contribution is 9.16. The maximum absolute atomic E-state index is 4.31. The quantitative estimate of drug-likeness (QED) is 0.131. The lowest BCUT2D eigenvalue weighted by molar-refractivity contribution is 0.798. The molecule has 2 rings (SSSR count). The molecule has 0 atom stereocenters. The van der Waals surface area contributed by atoms with Crippen LogP contribution in [-0.2, 0) is 6.42 Å². The van der Waals surface area contributed by atoms with Gasteiger partial charge in [-0.2, -0.15) is 12.6 Å². The molecule has 10 heteroatoms. The van der Waals surface area contributed by atoms with Crippen LogP contribution in [0.5, 0.6) is 0 Å². The number of hydrogen-bond acceptors (Lipinski definition) is 1. The Kier molecular flexibility index (Phi) is 10.8. The zero-order valence-corrected chi connectivity index (χ0v) is 27.8. The van der Waals surface area contributed by atoms with Crippen molar-refractivity contribution in [3.63, 3.8) is 0 Å². The SMILES string of the molecule is SCCCCc1c(Br)c(Br)c(-c2c(Br)c(Br)c(Br)c(Br)c2Br)c(Br)c1Br. The fraction of sp³-hybridized carbons (Fsp3) is 0.250. The van der Waals surface area contributed by atoms with Crippen LogP contribution in [0.25, 0.3) is 11.1 Å². The van der Waals surface area contributed by atoms with E-state index in [-0.39, 0.29) is 0 Å². The first-order chi connectivity index (χ1) is 12.1. The highest BCUT2D eigenvalue weighted by atomic mass is 79.9. The molecule has 0 spiro atoms. The highest BCUT2D eigenvalue weighted by Crippen LogP contribution is 2.54. The molecule has 0 aliphatic rings. The van der Waals surface area contributed by atoms with E-state index in [1.54, 1.807) is 0 Å². The van der Waals surface area contributed by atoms with Crippen molar-refractivity contribution in [2.75, 3.05) is 5.75 Å². The molecule has 0 heterocycles. The second kappa shape index (κ2) is 11.1. The normalized spacial score (nSPS) is 11.3. The summed E-state index contributed by atoms with van der Waals surface area (Å²) in [7, 11) is 0. The second-order valence-corrected chi connectivity index (χ2v) is 12.8. The third kappa shape index (κ3) is 5.12. The molecular weight excluding hydrogens is 943 g/mol. The van der Waals surface area contributed by atoms with Crippen LogP contribution in [0.1, 0.15) is 18.4 Å². The van der Waals surface area contributed by atoms with Gasteiger partial charge in [-0.1, -0.05) is 0 Å². The lowest BCUT2D eigenvalue weighted by Gasteiger charge is -2.20. The number of hydrogen-bond donors (Lipinski definition) is 1. The van der Waals surface area contributed by atoms with Crippen molar-refractivity contribution in [3.05, 3.63) is 45.8 Å². The molecule has 0 aliphatic heterocycles. The van der Waals surface area contributed by atoms with Crippen molar-refractivity contribution in [2.45, 2.75) is 19.3 Å². The molecule has 0 nitrogen and oxygen atoms in total. The van der Waals surface area contributed by atoms with E-state index in [0.29, 0.717) is 0 Å². The fourth-order valence-electron chi connectivity index (χ4n) is 2.35. The first-order valence-corrected chi connectivity index (χ1v) is 14.9. The third-order valence-electron chi connectivity index (χ3n) is 3.65. The summed E-state index contributed by atoms with van der Waals surface area (Å²) >= 11 is 37.8. The van der Waals surface area contributed by atoms with E-state index in [2.05, 4.69) is 156 Å². The number of rotatable bonds is 5. The van der Waals surface area contributed by atoms with Gasteiger partial charge in [0.05, 0.1) is 0 Å². The fourth-order valence-corrected chi connectivity index (χ4v) is 9.01. The van der Waals surface area contributed by atoms with Crippen LogP contribution in [0.3, 0.4) is 0 Å². The number of thiol groups is 1. The summed E-state index contributed by atoms with van der Waals surface area (Å²) < 4.78 is 8.80. The molecule has 0 saturated carbocycles. The van der Waals surface area contributed by atoms with E-state index in [4.69, 9.17) is 0 Å². The van der Waals surface area contributed by atoms with E-state index in [0.717, 1.165) is 76.4 Å². The van der Waals surface area contributed by atoms with E-state index >= 15 is 0 Å². The highest BCUT2D eigenvalue weighted by Gasteiger charge is 2.26. The monoisotopic (exact) mass is 943 g/mol. The van der Waals surface area contributed by atoms with Gasteiger partial charge < -0.3 is 0 Å². The Labute approximate surface area is 234 Å². The minimum atomic E-state index is 0.899. The van der Waals surface area contributed by atoms with Crippen LogP contribution in [0.2, 0.25) is 0 Å². The molecule has 26 heavy (non-hydrogen) atoms. The molecule has 0 saturated heterocycles. The van der Waals surface area contributed by atoms with Gasteiger partial charge >= 0.3 is 0 Å². The molecule has 0 aliphatic carbocycles. The smallest absolute Gasteiger partial charge is 0.0482 e. The van der Waals surface area contributed by atoms with Gasteiger partial charge in [-0.15, -0.1) is 0 Å². The van der Waals surface area contributed by atoms with E-state index in [9.17, 15) is 0 Å². The topological polar surface area (TPSA) is 0 Å². The van der Waals surface area contributed by atoms with Crippen LogP contribution in [0.4, 0.5) is 0 Å². The van der Waals surface area contributed by atoms with Crippen molar-refractivity contribution in [1.82, 2.24) is 0 Å². The van der Waals surface area contributed by atoms with Gasteiger partial charge in [0.1, 0.15) is 0 Å². The molecule has 0 bridgehead atoms. The summed E-state index contributed by atoms with van der Waals surface area (Å²) in [5, 5.41) is 0. The molecule has 0 N–H and O–H groups in total. The Morgan fingerprint density at radius 3 is 1.19 bits per heavy atom. The summed E-state index contributed by atoms with van der Waals surface area (Å²) in [5.74, 6) is 0.899. The van der Waals surface area contributed by atoms with Crippen molar-refractivity contribution >= 4 is 156 Å². The molecule has 2 aromatic rings. The maximum atomic E-state index is 4.31. The van der Waals surface area contributed by atoms with Crippen LogP contribution in [0.15, 0.2) is 40.3 Å². The standard InChI is InChI=1S/C16H9Br9S/c17-8-5(3-1-2-4-26)9(18)11(20)6(10(8)19)7-12(21)14(23)16(25)15(24)13(7)22/h26H,1-4H2. The van der Waals surface area contributed by atoms with Crippen LogP contribution >= 0.6 is 156 Å². The number of halogens is 9. The molecule has 0 unspecified atom stereocenters. The van der Waals surface area contributed by atoms with E-state index < -0.39 is 0 Å². The summed E-state index contributed by atoms with van der Waals surface area (Å²) in [6.07, 6.45) is 3.14. The molecule has 0 fully saturated rings. The Morgan fingerprint density at radius 1 is 0.462 bits per heavy atom. The van der Waals surface area contributed by atoms with Gasteiger partial charge in [-0.3, -0.25) is 0 Å². The van der Waals surface area contributed by atoms with Crippen LogP contribution in [-0.4, -0.2) is 5.75 Å². The Morgan fingerprint density at radius 2 is 0.808 bits per heavy atom. The molecule has 0 aromatic heterocycles. The minimum absolute atomic E-state index is 0.899. The largest absolute Gasteiger partial charge is 0.179 e. The van der Waals surface area contributed by atoms with Crippen molar-refractivity contribution < 1.29 is 0 Å². The summed E-state index contributed by atoms with van der Waals surface area (Å²) in [5.41, 5.74) is 3.29. The van der Waals surface area contributed by atoms with E-state index in [1.807, 2.05) is 0 Å². The van der Waals surface area contributed by atoms with Crippen molar-refractivity contribution in [2.24, 2.45) is 0 Å². The van der Waals surface area contributed by atoms with Gasteiger partial charge in [0.15, 0.2) is 0 Å². The zero-order valence-electron chi connectivity index (χ0n) is 12.7.